The predicted octanol–water partition coefficient (Wildman–Crippen LogP) is 2.45. The molecule has 3 nitrogen and oxygen atoms in total. The average Bonchev–Trinajstić information content (AvgIpc) is 2.69. The van der Waals surface area contributed by atoms with E-state index in [4.69, 9.17) is 4.74 Å². The molecule has 3 heteroatoms. The van der Waals surface area contributed by atoms with Crippen LogP contribution in [0.1, 0.15) is 47.0 Å². The minimum Gasteiger partial charge on any atom is -0.372 e. The van der Waals surface area contributed by atoms with Crippen LogP contribution in [0.2, 0.25) is 0 Å². The Hall–Kier alpha value is -0.570. The Morgan fingerprint density at radius 1 is 1.22 bits per heavy atom. The van der Waals surface area contributed by atoms with Crippen LogP contribution in [0, 0.1) is 17.3 Å². The highest BCUT2D eigenvalue weighted by Crippen LogP contribution is 2.62. The highest BCUT2D eigenvalue weighted by Gasteiger charge is 2.62. The van der Waals surface area contributed by atoms with E-state index < -0.39 is 0 Å². The van der Waals surface area contributed by atoms with Gasteiger partial charge in [0.15, 0.2) is 0 Å². The summed E-state index contributed by atoms with van der Waals surface area (Å²) in [5.74, 6) is 1.81. The molecule has 0 N–H and O–H groups in total. The third kappa shape index (κ3) is 1.97. The Morgan fingerprint density at radius 2 is 1.83 bits per heavy atom. The van der Waals surface area contributed by atoms with Gasteiger partial charge in [0.2, 0.25) is 5.91 Å². The number of carbonyl (C=O) groups excluding carboxylic acids is 1. The number of fused-ring (bicyclic) bond motifs is 1. The molecule has 3 atom stereocenters. The average molecular weight is 251 g/mol. The Balaban J connectivity index is 1.50. The second kappa shape index (κ2) is 3.72. The number of hydrogen-bond donors (Lipinski definition) is 0. The second-order valence-corrected chi connectivity index (χ2v) is 7.58. The molecule has 1 saturated carbocycles. The lowest BCUT2D eigenvalue weighted by Gasteiger charge is -2.24. The number of amides is 1. The van der Waals surface area contributed by atoms with Crippen LogP contribution in [0.25, 0.3) is 0 Å². The molecule has 0 spiro atoms. The maximum atomic E-state index is 12.2. The van der Waals surface area contributed by atoms with E-state index in [1.54, 1.807) is 0 Å². The summed E-state index contributed by atoms with van der Waals surface area (Å²) in [6.45, 7) is 10.8. The van der Waals surface area contributed by atoms with E-state index in [9.17, 15) is 4.79 Å². The fraction of sp³-hybridized carbons (Fsp3) is 0.933. The van der Waals surface area contributed by atoms with Gasteiger partial charge in [-0.25, -0.2) is 0 Å². The molecule has 2 saturated heterocycles. The van der Waals surface area contributed by atoms with Gasteiger partial charge in [0.05, 0.1) is 18.1 Å². The largest absolute Gasteiger partial charge is 0.372 e. The molecule has 18 heavy (non-hydrogen) atoms. The van der Waals surface area contributed by atoms with E-state index in [0.717, 1.165) is 37.8 Å². The standard InChI is InChI=1S/C15H25NO2/c1-14(2)6-5-10(18-14)7-13(17)16-8-11-12(9-16)15(11,3)4/h10-12H,5-9H2,1-4H3. The fourth-order valence-electron chi connectivity index (χ4n) is 3.88. The van der Waals surface area contributed by atoms with Crippen molar-refractivity contribution >= 4 is 5.91 Å². The van der Waals surface area contributed by atoms with Gasteiger partial charge in [0, 0.05) is 13.1 Å². The van der Waals surface area contributed by atoms with Gasteiger partial charge >= 0.3 is 0 Å². The van der Waals surface area contributed by atoms with Crippen molar-refractivity contribution < 1.29 is 9.53 Å². The van der Waals surface area contributed by atoms with Gasteiger partial charge in [-0.05, 0) is 43.9 Å². The lowest BCUT2D eigenvalue weighted by molar-refractivity contribution is -0.134. The molecule has 3 rings (SSSR count). The molecular weight excluding hydrogens is 226 g/mol. The van der Waals surface area contributed by atoms with Gasteiger partial charge in [0.25, 0.3) is 0 Å². The second-order valence-electron chi connectivity index (χ2n) is 7.58. The summed E-state index contributed by atoms with van der Waals surface area (Å²) in [6, 6.07) is 0. The zero-order valence-corrected chi connectivity index (χ0v) is 12.0. The fourth-order valence-corrected chi connectivity index (χ4v) is 3.88. The molecule has 0 aromatic rings. The van der Waals surface area contributed by atoms with Crippen molar-refractivity contribution in [3.8, 4) is 0 Å². The van der Waals surface area contributed by atoms with E-state index in [1.165, 1.54) is 0 Å². The van der Waals surface area contributed by atoms with E-state index in [0.29, 0.717) is 17.7 Å². The van der Waals surface area contributed by atoms with Crippen molar-refractivity contribution in [3.05, 3.63) is 0 Å². The summed E-state index contributed by atoms with van der Waals surface area (Å²) >= 11 is 0. The molecule has 3 unspecified atom stereocenters. The van der Waals surface area contributed by atoms with Crippen molar-refractivity contribution in [2.75, 3.05) is 13.1 Å². The van der Waals surface area contributed by atoms with E-state index in [2.05, 4.69) is 32.6 Å². The van der Waals surface area contributed by atoms with E-state index in [-0.39, 0.29) is 11.7 Å². The molecule has 3 aliphatic rings. The van der Waals surface area contributed by atoms with Crippen LogP contribution in [-0.2, 0) is 9.53 Å². The third-order valence-corrected chi connectivity index (χ3v) is 5.43. The van der Waals surface area contributed by atoms with Gasteiger partial charge in [-0.3, -0.25) is 4.79 Å². The predicted molar refractivity (Wildman–Crippen MR) is 70.1 cm³/mol. The number of hydrogen-bond acceptors (Lipinski definition) is 2. The van der Waals surface area contributed by atoms with E-state index in [1.807, 2.05) is 0 Å². The lowest BCUT2D eigenvalue weighted by atomic mass is 10.0. The van der Waals surface area contributed by atoms with Crippen LogP contribution in [-0.4, -0.2) is 35.6 Å². The van der Waals surface area contributed by atoms with Gasteiger partial charge < -0.3 is 9.64 Å². The summed E-state index contributed by atoms with van der Waals surface area (Å²) < 4.78 is 5.91. The smallest absolute Gasteiger partial charge is 0.225 e. The number of ether oxygens (including phenoxy) is 1. The zero-order chi connectivity index (χ0) is 13.1. The SMILES string of the molecule is CC1(C)CCC(CC(=O)N2CC3C(C2)C3(C)C)O1. The van der Waals surface area contributed by atoms with E-state index >= 15 is 0 Å². The minimum absolute atomic E-state index is 0.0277. The maximum Gasteiger partial charge on any atom is 0.225 e. The van der Waals surface area contributed by atoms with Crippen molar-refractivity contribution in [1.29, 1.82) is 0 Å². The molecule has 0 aromatic carbocycles. The van der Waals surface area contributed by atoms with Crippen molar-refractivity contribution in [3.63, 3.8) is 0 Å². The molecular formula is C15H25NO2. The van der Waals surface area contributed by atoms with Crippen molar-refractivity contribution in [1.82, 2.24) is 4.90 Å². The summed E-state index contributed by atoms with van der Waals surface area (Å²) in [6.07, 6.45) is 2.84. The number of carbonyl (C=O) groups is 1. The summed E-state index contributed by atoms with van der Waals surface area (Å²) in [4.78, 5) is 14.3. The van der Waals surface area contributed by atoms with Crippen LogP contribution < -0.4 is 0 Å². The van der Waals surface area contributed by atoms with Gasteiger partial charge in [-0.1, -0.05) is 13.8 Å². The first kappa shape index (κ1) is 12.5. The molecule has 2 heterocycles. The van der Waals surface area contributed by atoms with Crippen LogP contribution in [0.3, 0.4) is 0 Å². The molecule has 2 aliphatic heterocycles. The Morgan fingerprint density at radius 3 is 2.33 bits per heavy atom. The topological polar surface area (TPSA) is 29.5 Å². The molecule has 1 amide bonds. The summed E-state index contributed by atoms with van der Waals surface area (Å²) in [7, 11) is 0. The zero-order valence-electron chi connectivity index (χ0n) is 12.0. The number of nitrogens with zero attached hydrogens (tertiary/aromatic N) is 1. The number of likely N-dealkylation sites (tertiary alicyclic amines) is 1. The normalized spacial score (nSPS) is 39.8. The number of rotatable bonds is 2. The quantitative estimate of drug-likeness (QED) is 0.754. The molecule has 0 bridgehead atoms. The first-order valence-corrected chi connectivity index (χ1v) is 7.25. The Bertz CT molecular complexity index is 361. The molecule has 3 fully saturated rings. The van der Waals surface area contributed by atoms with Crippen LogP contribution >= 0.6 is 0 Å². The first-order valence-electron chi connectivity index (χ1n) is 7.25. The molecule has 0 radical (unpaired) electrons. The summed E-state index contributed by atoms with van der Waals surface area (Å²) in [5.41, 5.74) is 0.461. The lowest BCUT2D eigenvalue weighted by Crippen LogP contribution is -2.35. The van der Waals surface area contributed by atoms with Gasteiger partial charge in [-0.15, -0.1) is 0 Å². The third-order valence-electron chi connectivity index (χ3n) is 5.43. The van der Waals surface area contributed by atoms with Crippen LogP contribution in [0.15, 0.2) is 0 Å². The first-order chi connectivity index (χ1) is 8.29. The van der Waals surface area contributed by atoms with Crippen LogP contribution in [0.4, 0.5) is 0 Å². The Kier molecular flexibility index (Phi) is 2.58. The number of piperidine rings is 1. The van der Waals surface area contributed by atoms with Crippen molar-refractivity contribution in [2.24, 2.45) is 17.3 Å². The molecule has 0 aromatic heterocycles. The van der Waals surface area contributed by atoms with Gasteiger partial charge in [-0.2, -0.15) is 0 Å². The monoisotopic (exact) mass is 251 g/mol. The van der Waals surface area contributed by atoms with Crippen LogP contribution in [0.5, 0.6) is 0 Å². The highest BCUT2D eigenvalue weighted by atomic mass is 16.5. The molecule has 1 aliphatic carbocycles. The molecule has 102 valence electrons. The Labute approximate surface area is 110 Å². The van der Waals surface area contributed by atoms with Gasteiger partial charge in [0.1, 0.15) is 0 Å². The minimum atomic E-state index is -0.0277. The highest BCUT2D eigenvalue weighted by molar-refractivity contribution is 5.77. The summed E-state index contributed by atoms with van der Waals surface area (Å²) in [5, 5.41) is 0. The maximum absolute atomic E-state index is 12.2. The van der Waals surface area contributed by atoms with Crippen molar-refractivity contribution in [2.45, 2.75) is 58.7 Å².